The van der Waals surface area contributed by atoms with Crippen LogP contribution in [0.15, 0.2) is 28.5 Å². The number of hydrogen-bond acceptors (Lipinski definition) is 8. The molecule has 0 bridgehead atoms. The fourth-order valence-electron chi connectivity index (χ4n) is 3.96. The molecule has 0 spiro atoms. The van der Waals surface area contributed by atoms with Crippen molar-refractivity contribution in [1.82, 2.24) is 20.4 Å². The lowest BCUT2D eigenvalue weighted by Gasteiger charge is -2.30. The third kappa shape index (κ3) is 5.09. The predicted molar refractivity (Wildman–Crippen MR) is 125 cm³/mol. The summed E-state index contributed by atoms with van der Waals surface area (Å²) >= 11 is 3.06. The molecule has 176 valence electrons. The van der Waals surface area contributed by atoms with Crippen LogP contribution in [-0.4, -0.2) is 37.9 Å². The molecule has 8 nitrogen and oxygen atoms in total. The van der Waals surface area contributed by atoms with E-state index in [0.717, 1.165) is 14.6 Å². The Morgan fingerprint density at radius 3 is 2.72 bits per heavy atom. The second-order valence-electron chi connectivity index (χ2n) is 8.54. The second kappa shape index (κ2) is 9.88. The van der Waals surface area contributed by atoms with E-state index >= 15 is 0 Å². The standard InChI is InChI=1S/C21H30N4O4S3/c1-13(2)21-23-19(24-29-21)17-11-18(14(3)31-17)32(27,28)25-8-6-15(7-9-25)20(26)22-12-16-5-4-10-30-16/h4-5,10-11,13,15,19,21,23-24H,6-9,12H2,1-3H3,(H,22,26). The van der Waals surface area contributed by atoms with Crippen LogP contribution < -0.4 is 16.1 Å². The molecule has 2 atom stereocenters. The summed E-state index contributed by atoms with van der Waals surface area (Å²) in [6, 6.07) is 5.69. The largest absolute Gasteiger partial charge is 0.351 e. The number of hydrogen-bond donors (Lipinski definition) is 3. The highest BCUT2D eigenvalue weighted by molar-refractivity contribution is 7.89. The van der Waals surface area contributed by atoms with Gasteiger partial charge in [0.25, 0.3) is 0 Å². The number of piperidine rings is 1. The first-order chi connectivity index (χ1) is 15.3. The Morgan fingerprint density at radius 2 is 2.09 bits per heavy atom. The van der Waals surface area contributed by atoms with Gasteiger partial charge in [-0.1, -0.05) is 19.9 Å². The van der Waals surface area contributed by atoms with E-state index in [2.05, 4.69) is 30.0 Å². The minimum Gasteiger partial charge on any atom is -0.351 e. The molecule has 2 aliphatic heterocycles. The van der Waals surface area contributed by atoms with E-state index in [1.54, 1.807) is 17.4 Å². The zero-order valence-corrected chi connectivity index (χ0v) is 20.9. The van der Waals surface area contributed by atoms with Crippen LogP contribution in [0.3, 0.4) is 0 Å². The van der Waals surface area contributed by atoms with E-state index in [-0.39, 0.29) is 24.2 Å². The first-order valence-corrected chi connectivity index (χ1v) is 14.0. The monoisotopic (exact) mass is 498 g/mol. The highest BCUT2D eigenvalue weighted by Crippen LogP contribution is 2.34. The zero-order chi connectivity index (χ0) is 22.9. The van der Waals surface area contributed by atoms with Gasteiger partial charge >= 0.3 is 0 Å². The Bertz CT molecular complexity index is 1030. The molecule has 0 saturated carbocycles. The molecule has 2 aromatic rings. The van der Waals surface area contributed by atoms with Crippen molar-refractivity contribution >= 4 is 38.6 Å². The highest BCUT2D eigenvalue weighted by Gasteiger charge is 2.35. The van der Waals surface area contributed by atoms with E-state index in [0.29, 0.717) is 43.3 Å². The molecule has 2 aliphatic rings. The highest BCUT2D eigenvalue weighted by atomic mass is 32.2. The fraction of sp³-hybridized carbons (Fsp3) is 0.571. The van der Waals surface area contributed by atoms with Crippen molar-refractivity contribution in [3.05, 3.63) is 38.2 Å². The van der Waals surface area contributed by atoms with Crippen molar-refractivity contribution in [2.75, 3.05) is 13.1 Å². The van der Waals surface area contributed by atoms with Crippen molar-refractivity contribution in [3.8, 4) is 0 Å². The van der Waals surface area contributed by atoms with Gasteiger partial charge in [-0.05, 0) is 43.2 Å². The number of sulfonamides is 1. The second-order valence-corrected chi connectivity index (χ2v) is 12.8. The van der Waals surface area contributed by atoms with Gasteiger partial charge in [-0.15, -0.1) is 22.7 Å². The molecule has 4 heterocycles. The summed E-state index contributed by atoms with van der Waals surface area (Å²) in [7, 11) is -3.61. The van der Waals surface area contributed by atoms with Crippen LogP contribution in [0.5, 0.6) is 0 Å². The average Bonchev–Trinajstić information content (AvgIpc) is 3.52. The number of carbonyl (C=O) groups excluding carboxylic acids is 1. The number of nitrogens with one attached hydrogen (secondary N) is 3. The Labute approximate surface area is 197 Å². The van der Waals surface area contributed by atoms with Crippen LogP contribution in [-0.2, 0) is 26.2 Å². The number of thiophene rings is 2. The molecule has 2 aromatic heterocycles. The lowest BCUT2D eigenvalue weighted by atomic mass is 9.97. The molecule has 4 rings (SSSR count). The quantitative estimate of drug-likeness (QED) is 0.543. The number of nitrogens with zero attached hydrogens (tertiary/aromatic N) is 1. The van der Waals surface area contributed by atoms with Crippen molar-refractivity contribution in [1.29, 1.82) is 0 Å². The van der Waals surface area contributed by atoms with Gasteiger partial charge in [0, 0.05) is 33.6 Å². The number of amides is 1. The van der Waals surface area contributed by atoms with Crippen molar-refractivity contribution in [3.63, 3.8) is 0 Å². The summed E-state index contributed by atoms with van der Waals surface area (Å²) in [5.74, 6) is 0.139. The van der Waals surface area contributed by atoms with E-state index in [4.69, 9.17) is 4.84 Å². The minimum atomic E-state index is -3.61. The number of hydroxylamine groups is 1. The van der Waals surface area contributed by atoms with Gasteiger partial charge < -0.3 is 5.32 Å². The minimum absolute atomic E-state index is 0.00235. The maximum Gasteiger partial charge on any atom is 0.244 e. The van der Waals surface area contributed by atoms with Crippen molar-refractivity contribution in [2.45, 2.75) is 57.4 Å². The van der Waals surface area contributed by atoms with Crippen LogP contribution in [0.2, 0.25) is 0 Å². The molecular formula is C21H30N4O4S3. The first kappa shape index (κ1) is 23.8. The van der Waals surface area contributed by atoms with Gasteiger partial charge in [-0.3, -0.25) is 14.9 Å². The third-order valence-electron chi connectivity index (χ3n) is 5.88. The topological polar surface area (TPSA) is 99.8 Å². The lowest BCUT2D eigenvalue weighted by molar-refractivity contribution is -0.126. The van der Waals surface area contributed by atoms with Crippen LogP contribution in [0.4, 0.5) is 0 Å². The zero-order valence-electron chi connectivity index (χ0n) is 18.5. The van der Waals surface area contributed by atoms with E-state index in [1.165, 1.54) is 15.6 Å². The smallest absolute Gasteiger partial charge is 0.244 e. The van der Waals surface area contributed by atoms with Crippen LogP contribution >= 0.6 is 22.7 Å². The summed E-state index contributed by atoms with van der Waals surface area (Å²) in [6.45, 7) is 7.18. The fourth-order valence-corrected chi connectivity index (χ4v) is 7.65. The van der Waals surface area contributed by atoms with Crippen molar-refractivity contribution < 1.29 is 18.0 Å². The molecule has 0 aliphatic carbocycles. The number of rotatable bonds is 7. The van der Waals surface area contributed by atoms with E-state index in [9.17, 15) is 13.2 Å². The number of carbonyl (C=O) groups is 1. The molecule has 0 aromatic carbocycles. The Balaban J connectivity index is 1.36. The average molecular weight is 499 g/mol. The van der Waals surface area contributed by atoms with Crippen LogP contribution in [0.25, 0.3) is 0 Å². The van der Waals surface area contributed by atoms with Crippen LogP contribution in [0.1, 0.15) is 47.5 Å². The number of aryl methyl sites for hydroxylation is 1. The van der Waals surface area contributed by atoms with Gasteiger partial charge in [0.15, 0.2) is 0 Å². The molecule has 2 saturated heterocycles. The first-order valence-electron chi connectivity index (χ1n) is 10.8. The van der Waals surface area contributed by atoms with E-state index in [1.807, 2.05) is 24.4 Å². The van der Waals surface area contributed by atoms with Gasteiger partial charge in [-0.2, -0.15) is 9.79 Å². The molecule has 2 unspecified atom stereocenters. The molecule has 0 radical (unpaired) electrons. The molecule has 11 heteroatoms. The van der Waals surface area contributed by atoms with Gasteiger partial charge in [-0.25, -0.2) is 8.42 Å². The summed E-state index contributed by atoms with van der Waals surface area (Å²) in [4.78, 5) is 21.1. The van der Waals surface area contributed by atoms with E-state index < -0.39 is 10.0 Å². The summed E-state index contributed by atoms with van der Waals surface area (Å²) in [5, 5.41) is 8.30. The normalized spacial score (nSPS) is 23.1. The van der Waals surface area contributed by atoms with Gasteiger partial charge in [0.2, 0.25) is 15.9 Å². The Hall–Kier alpha value is -1.34. The molecule has 32 heavy (non-hydrogen) atoms. The van der Waals surface area contributed by atoms with Gasteiger partial charge in [0.05, 0.1) is 11.4 Å². The molecular weight excluding hydrogens is 468 g/mol. The Morgan fingerprint density at radius 1 is 1.34 bits per heavy atom. The van der Waals surface area contributed by atoms with Gasteiger partial charge in [0.1, 0.15) is 12.4 Å². The molecule has 3 N–H and O–H groups in total. The lowest BCUT2D eigenvalue weighted by Crippen LogP contribution is -2.42. The molecule has 2 fully saturated rings. The summed E-state index contributed by atoms with van der Waals surface area (Å²) in [6.07, 6.45) is 0.711. The maximum atomic E-state index is 13.3. The predicted octanol–water partition coefficient (Wildman–Crippen LogP) is 2.94. The maximum absolute atomic E-state index is 13.3. The summed E-state index contributed by atoms with van der Waals surface area (Å²) < 4.78 is 28.2. The third-order valence-corrected chi connectivity index (χ3v) is 10.0. The summed E-state index contributed by atoms with van der Waals surface area (Å²) in [5.41, 5.74) is 2.96. The van der Waals surface area contributed by atoms with Crippen LogP contribution in [0, 0.1) is 18.8 Å². The molecule has 1 amide bonds. The Kier molecular flexibility index (Phi) is 7.35. The van der Waals surface area contributed by atoms with Crippen molar-refractivity contribution in [2.24, 2.45) is 11.8 Å². The SMILES string of the molecule is Cc1sc(C2NOC(C(C)C)N2)cc1S(=O)(=O)N1CCC(C(=O)NCc2cccs2)CC1.